The van der Waals surface area contributed by atoms with Crippen molar-refractivity contribution < 1.29 is 10.9 Å². The van der Waals surface area contributed by atoms with Crippen molar-refractivity contribution in [3.8, 4) is 0 Å². The zero-order valence-electron chi connectivity index (χ0n) is 14.3. The van der Waals surface area contributed by atoms with Gasteiger partial charge in [0, 0.05) is 7.79 Å². The van der Waals surface area contributed by atoms with Gasteiger partial charge in [-0.15, -0.1) is 0 Å². The van der Waals surface area contributed by atoms with E-state index in [2.05, 4.69) is 43.4 Å². The van der Waals surface area contributed by atoms with Gasteiger partial charge in [0.05, 0.1) is 15.2 Å². The average molecular weight is 303 g/mol. The van der Waals surface area contributed by atoms with E-state index in [1.54, 1.807) is 0 Å². The number of ether oxygens (including phenoxy) is 1. The molecule has 2 nitrogen and oxygen atoms in total. The summed E-state index contributed by atoms with van der Waals surface area (Å²) in [7, 11) is -0.421. The van der Waals surface area contributed by atoms with Crippen LogP contribution in [-0.2, 0) is 9.53 Å². The van der Waals surface area contributed by atoms with Gasteiger partial charge in [0.1, 0.15) is 0 Å². The second-order valence-corrected chi connectivity index (χ2v) is 10.7. The fraction of sp³-hybridized carbons (Fsp3) is 0.500. The number of allylic oxidation sites excluding steroid dienone is 2. The summed E-state index contributed by atoms with van der Waals surface area (Å²) in [5.74, 6) is 0.202. The molecule has 2 rings (SSSR count). The van der Waals surface area contributed by atoms with Gasteiger partial charge >= 0.3 is 5.97 Å². The van der Waals surface area contributed by atoms with Crippen LogP contribution in [0.1, 0.15) is 27.1 Å². The van der Waals surface area contributed by atoms with Crippen molar-refractivity contribution in [2.45, 2.75) is 44.8 Å². The Morgan fingerprint density at radius 2 is 2.10 bits per heavy atom. The van der Waals surface area contributed by atoms with Gasteiger partial charge in [-0.05, 0) is 31.2 Å². The highest BCUT2D eigenvalue weighted by atomic mass is 28.3. The standard InChI is InChI=1S/C18H26O2Si/c1-20-18(19)13-15-8-7-9-16(12-15)14-21(2,3)17-10-5-4-6-11-17/h4-6,9-11,15H,7-8,12-14H2,1-3H3/t15-/m1/s1/i14D/t14-,15+/m0. The first-order valence-electron chi connectivity index (χ1n) is 8.26. The van der Waals surface area contributed by atoms with E-state index in [0.29, 0.717) is 12.3 Å². The smallest absolute Gasteiger partial charge is 0.305 e. The molecule has 1 aliphatic rings. The molecule has 0 fully saturated rings. The summed E-state index contributed by atoms with van der Waals surface area (Å²) < 4.78 is 13.6. The predicted octanol–water partition coefficient (Wildman–Crippen LogP) is 3.89. The second kappa shape index (κ2) is 7.08. The number of carbonyl (C=O) groups is 1. The van der Waals surface area contributed by atoms with Gasteiger partial charge in [0.25, 0.3) is 0 Å². The quantitative estimate of drug-likeness (QED) is 0.468. The Balaban J connectivity index is 2.10. The first-order chi connectivity index (χ1) is 10.4. The predicted molar refractivity (Wildman–Crippen MR) is 90.4 cm³/mol. The van der Waals surface area contributed by atoms with E-state index in [-0.39, 0.29) is 12.0 Å². The Morgan fingerprint density at radius 3 is 2.76 bits per heavy atom. The second-order valence-electron chi connectivity index (χ2n) is 6.44. The van der Waals surface area contributed by atoms with E-state index >= 15 is 0 Å². The minimum Gasteiger partial charge on any atom is -0.469 e. The van der Waals surface area contributed by atoms with Crippen molar-refractivity contribution in [2.24, 2.45) is 5.92 Å². The lowest BCUT2D eigenvalue weighted by atomic mass is 9.87. The maximum absolute atomic E-state index is 11.5. The molecular formula is C18H26O2Si. The summed E-state index contributed by atoms with van der Waals surface area (Å²) >= 11 is 0. The molecule has 1 aromatic rings. The maximum Gasteiger partial charge on any atom is 0.305 e. The Morgan fingerprint density at radius 1 is 1.38 bits per heavy atom. The van der Waals surface area contributed by atoms with Crippen LogP contribution in [0.5, 0.6) is 0 Å². The third kappa shape index (κ3) is 4.56. The SMILES string of the molecule is [2H][C@@H](C1=CCC[C@@H](CC(=O)OC)C1)[Si](C)(C)c1ccccc1. The molecule has 0 radical (unpaired) electrons. The van der Waals surface area contributed by atoms with Crippen LogP contribution in [0.4, 0.5) is 0 Å². The molecule has 0 bridgehead atoms. The lowest BCUT2D eigenvalue weighted by Crippen LogP contribution is -2.41. The number of methoxy groups -OCH3 is 1. The zero-order chi connectivity index (χ0) is 16.2. The summed E-state index contributed by atoms with van der Waals surface area (Å²) in [6.45, 7) is 4.54. The van der Waals surface area contributed by atoms with Gasteiger partial charge in [-0.3, -0.25) is 4.79 Å². The van der Waals surface area contributed by atoms with Gasteiger partial charge < -0.3 is 4.74 Å². The molecule has 0 saturated heterocycles. The normalized spacial score (nSPS) is 21.2. The highest BCUT2D eigenvalue weighted by Crippen LogP contribution is 2.31. The van der Waals surface area contributed by atoms with Crippen molar-refractivity contribution in [3.05, 3.63) is 42.0 Å². The molecule has 0 spiro atoms. The minimum absolute atomic E-state index is 0.132. The van der Waals surface area contributed by atoms with Crippen LogP contribution < -0.4 is 5.19 Å². The summed E-state index contributed by atoms with van der Waals surface area (Å²) in [5.41, 5.74) is 1.22. The van der Waals surface area contributed by atoms with Crippen molar-refractivity contribution in [1.82, 2.24) is 0 Å². The molecule has 3 heteroatoms. The Kier molecular flexibility index (Phi) is 4.91. The fourth-order valence-corrected chi connectivity index (χ4v) is 5.43. The van der Waals surface area contributed by atoms with Crippen LogP contribution in [0.3, 0.4) is 0 Å². The molecule has 0 aliphatic heterocycles. The van der Waals surface area contributed by atoms with Gasteiger partial charge in [-0.2, -0.15) is 0 Å². The van der Waals surface area contributed by atoms with Gasteiger partial charge in [-0.1, -0.05) is 60.3 Å². The van der Waals surface area contributed by atoms with Crippen molar-refractivity contribution in [3.63, 3.8) is 0 Å². The number of carbonyl (C=O) groups excluding carboxylic acids is 1. The summed E-state index contributed by atoms with van der Waals surface area (Å²) in [5, 5.41) is 1.32. The molecule has 0 saturated carbocycles. The lowest BCUT2D eigenvalue weighted by Gasteiger charge is -2.29. The highest BCUT2D eigenvalue weighted by Gasteiger charge is 2.27. The van der Waals surface area contributed by atoms with Gasteiger partial charge in [0.15, 0.2) is 0 Å². The first-order valence-corrected chi connectivity index (χ1v) is 10.8. The molecule has 1 aromatic carbocycles. The van der Waals surface area contributed by atoms with Crippen LogP contribution in [0.25, 0.3) is 0 Å². The van der Waals surface area contributed by atoms with E-state index in [4.69, 9.17) is 6.11 Å². The Bertz CT molecular complexity index is 539. The number of esters is 1. The monoisotopic (exact) mass is 303 g/mol. The Labute approximate surface area is 130 Å². The highest BCUT2D eigenvalue weighted by molar-refractivity contribution is 6.90. The summed E-state index contributed by atoms with van der Waals surface area (Å²) in [4.78, 5) is 11.5. The largest absolute Gasteiger partial charge is 0.469 e. The molecule has 0 amide bonds. The van der Waals surface area contributed by atoms with E-state index < -0.39 is 8.07 Å². The molecule has 114 valence electrons. The molecule has 0 aromatic heterocycles. The third-order valence-corrected chi connectivity index (χ3v) is 7.17. The summed E-state index contributed by atoms with van der Waals surface area (Å²) in [6, 6.07) is 10.3. The maximum atomic E-state index is 11.5. The van der Waals surface area contributed by atoms with E-state index in [1.165, 1.54) is 17.9 Å². The molecular weight excluding hydrogens is 276 g/mol. The Hall–Kier alpha value is -1.35. The van der Waals surface area contributed by atoms with Crippen molar-refractivity contribution in [1.29, 1.82) is 0 Å². The van der Waals surface area contributed by atoms with Crippen LogP contribution in [0.15, 0.2) is 42.0 Å². The van der Waals surface area contributed by atoms with Crippen LogP contribution in [0, 0.1) is 5.92 Å². The van der Waals surface area contributed by atoms with Crippen molar-refractivity contribution in [2.75, 3.05) is 7.11 Å². The van der Waals surface area contributed by atoms with Crippen molar-refractivity contribution >= 4 is 19.2 Å². The van der Waals surface area contributed by atoms with Gasteiger partial charge in [0.2, 0.25) is 0 Å². The number of benzene rings is 1. The molecule has 0 N–H and O–H groups in total. The van der Waals surface area contributed by atoms with E-state index in [9.17, 15) is 4.79 Å². The molecule has 1 aliphatic carbocycles. The molecule has 21 heavy (non-hydrogen) atoms. The van der Waals surface area contributed by atoms with Crippen LogP contribution in [0.2, 0.25) is 19.1 Å². The molecule has 2 atom stereocenters. The number of rotatable bonds is 5. The first kappa shape index (κ1) is 14.6. The molecule has 0 heterocycles. The van der Waals surface area contributed by atoms with E-state index in [1.807, 2.05) is 6.07 Å². The summed E-state index contributed by atoms with van der Waals surface area (Å²) in [6.07, 6.45) is 5.59. The zero-order valence-corrected chi connectivity index (χ0v) is 14.3. The molecule has 0 unspecified atom stereocenters. The topological polar surface area (TPSA) is 26.3 Å². The third-order valence-electron chi connectivity index (χ3n) is 4.25. The average Bonchev–Trinajstić information content (AvgIpc) is 2.55. The van der Waals surface area contributed by atoms with Crippen LogP contribution in [-0.4, -0.2) is 21.2 Å². The fourth-order valence-electron chi connectivity index (χ4n) is 3.05. The minimum atomic E-state index is -1.87. The van der Waals surface area contributed by atoms with E-state index in [0.717, 1.165) is 19.3 Å². The van der Waals surface area contributed by atoms with Crippen LogP contribution >= 0.6 is 0 Å². The van der Waals surface area contributed by atoms with Gasteiger partial charge in [-0.25, -0.2) is 0 Å². The number of hydrogen-bond donors (Lipinski definition) is 0. The lowest BCUT2D eigenvalue weighted by molar-refractivity contribution is -0.141. The number of hydrogen-bond acceptors (Lipinski definition) is 2.